The van der Waals surface area contributed by atoms with Crippen LogP contribution in [0.5, 0.6) is 5.75 Å². The molecule has 27 heavy (non-hydrogen) atoms. The number of amides is 1. The van der Waals surface area contributed by atoms with E-state index in [0.29, 0.717) is 24.7 Å². The Hall–Kier alpha value is -2.45. The first kappa shape index (κ1) is 20.9. The van der Waals surface area contributed by atoms with Crippen molar-refractivity contribution in [1.29, 1.82) is 0 Å². The Labute approximate surface area is 159 Å². The molecule has 0 aliphatic heterocycles. The van der Waals surface area contributed by atoms with Crippen molar-refractivity contribution in [3.8, 4) is 5.75 Å². The number of aryl methyl sites for hydroxylation is 1. The molecule has 0 saturated heterocycles. The number of nitrogens with one attached hydrogen (secondary N) is 1. The molecule has 2 atom stereocenters. The number of methoxy groups -OCH3 is 2. The highest BCUT2D eigenvalue weighted by atomic mass is 16.5. The number of nitrogens with zero attached hydrogens (tertiary/aromatic N) is 3. The van der Waals surface area contributed by atoms with Crippen molar-refractivity contribution in [2.45, 2.75) is 31.9 Å². The zero-order valence-corrected chi connectivity index (χ0v) is 16.6. The molecule has 2 rings (SSSR count). The Bertz CT molecular complexity index is 732. The van der Waals surface area contributed by atoms with Crippen LogP contribution in [0.1, 0.15) is 42.8 Å². The van der Waals surface area contributed by atoms with Gasteiger partial charge >= 0.3 is 0 Å². The SMILES string of the molecule is COc1cccc([C@H](CNC(=O)CCc2nc([C@H](C)OC)no2)N(C)C)c1. The summed E-state index contributed by atoms with van der Waals surface area (Å²) >= 11 is 0. The molecule has 0 saturated carbocycles. The molecule has 1 aromatic carbocycles. The Kier molecular flexibility index (Phi) is 7.75. The minimum atomic E-state index is -0.236. The van der Waals surface area contributed by atoms with Gasteiger partial charge in [-0.2, -0.15) is 4.98 Å². The van der Waals surface area contributed by atoms with Gasteiger partial charge in [0.2, 0.25) is 11.8 Å². The fraction of sp³-hybridized carbons (Fsp3) is 0.526. The third-order valence-corrected chi connectivity index (χ3v) is 4.36. The van der Waals surface area contributed by atoms with Gasteiger partial charge in [0.1, 0.15) is 11.9 Å². The lowest BCUT2D eigenvalue weighted by atomic mass is 10.1. The summed E-state index contributed by atoms with van der Waals surface area (Å²) in [5, 5.41) is 6.83. The van der Waals surface area contributed by atoms with Crippen molar-refractivity contribution >= 4 is 5.91 Å². The van der Waals surface area contributed by atoms with E-state index in [1.807, 2.05) is 45.3 Å². The van der Waals surface area contributed by atoms with Gasteiger partial charge in [-0.25, -0.2) is 0 Å². The van der Waals surface area contributed by atoms with Crippen molar-refractivity contribution in [3.05, 3.63) is 41.5 Å². The number of carbonyl (C=O) groups is 1. The molecule has 8 nitrogen and oxygen atoms in total. The molecular formula is C19H28N4O4. The highest BCUT2D eigenvalue weighted by molar-refractivity contribution is 5.76. The number of rotatable bonds is 10. The largest absolute Gasteiger partial charge is 0.497 e. The van der Waals surface area contributed by atoms with Crippen LogP contribution in [-0.2, 0) is 16.0 Å². The standard InChI is InChI=1S/C19H28N4O4/c1-13(25-4)19-21-18(27-22-19)10-9-17(24)20-12-16(23(2)3)14-7-6-8-15(11-14)26-5/h6-8,11,13,16H,9-10,12H2,1-5H3,(H,20,24)/t13-,16-/m0/s1. The van der Waals surface area contributed by atoms with Gasteiger partial charge in [0, 0.05) is 26.5 Å². The van der Waals surface area contributed by atoms with Crippen LogP contribution < -0.4 is 10.1 Å². The summed E-state index contributed by atoms with van der Waals surface area (Å²) < 4.78 is 15.6. The minimum absolute atomic E-state index is 0.0432. The number of benzene rings is 1. The van der Waals surface area contributed by atoms with Crippen LogP contribution in [0, 0.1) is 0 Å². The molecular weight excluding hydrogens is 348 g/mol. The molecule has 0 unspecified atom stereocenters. The van der Waals surface area contributed by atoms with Gasteiger partial charge in [0.15, 0.2) is 5.82 Å². The summed E-state index contributed by atoms with van der Waals surface area (Å²) in [5.74, 6) is 1.65. The molecule has 0 aliphatic rings. The quantitative estimate of drug-likeness (QED) is 0.679. The number of likely N-dealkylation sites (N-methyl/N-ethyl adjacent to an activating group) is 1. The minimum Gasteiger partial charge on any atom is -0.497 e. The normalized spacial score (nSPS) is 13.4. The zero-order chi connectivity index (χ0) is 19.8. The van der Waals surface area contributed by atoms with Crippen molar-refractivity contribution in [1.82, 2.24) is 20.4 Å². The number of aromatic nitrogens is 2. The molecule has 1 heterocycles. The van der Waals surface area contributed by atoms with Gasteiger partial charge in [-0.1, -0.05) is 17.3 Å². The number of ether oxygens (including phenoxy) is 2. The Morgan fingerprint density at radius 2 is 2.11 bits per heavy atom. The summed E-state index contributed by atoms with van der Waals surface area (Å²) in [7, 11) is 7.18. The lowest BCUT2D eigenvalue weighted by Gasteiger charge is -2.25. The number of hydrogen-bond donors (Lipinski definition) is 1. The summed E-state index contributed by atoms with van der Waals surface area (Å²) in [5.41, 5.74) is 1.08. The van der Waals surface area contributed by atoms with Crippen molar-refractivity contribution in [2.24, 2.45) is 0 Å². The van der Waals surface area contributed by atoms with E-state index in [4.69, 9.17) is 14.0 Å². The Morgan fingerprint density at radius 3 is 2.78 bits per heavy atom. The first-order valence-electron chi connectivity index (χ1n) is 8.87. The lowest BCUT2D eigenvalue weighted by Crippen LogP contribution is -2.34. The molecule has 0 radical (unpaired) electrons. The molecule has 1 N–H and O–H groups in total. The number of hydrogen-bond acceptors (Lipinski definition) is 7. The van der Waals surface area contributed by atoms with Crippen LogP contribution in [0.3, 0.4) is 0 Å². The van der Waals surface area contributed by atoms with E-state index in [1.165, 1.54) is 0 Å². The first-order chi connectivity index (χ1) is 12.9. The third-order valence-electron chi connectivity index (χ3n) is 4.36. The molecule has 0 bridgehead atoms. The summed E-state index contributed by atoms with van der Waals surface area (Å²) in [4.78, 5) is 18.5. The second-order valence-corrected chi connectivity index (χ2v) is 6.48. The summed E-state index contributed by atoms with van der Waals surface area (Å²) in [6.07, 6.45) is 0.433. The van der Waals surface area contributed by atoms with E-state index < -0.39 is 0 Å². The summed E-state index contributed by atoms with van der Waals surface area (Å²) in [6, 6.07) is 7.89. The van der Waals surface area contributed by atoms with Gasteiger partial charge in [-0.05, 0) is 38.7 Å². The number of carbonyl (C=O) groups excluding carboxylic acids is 1. The molecule has 0 spiro atoms. The van der Waals surface area contributed by atoms with E-state index in [2.05, 4.69) is 20.4 Å². The van der Waals surface area contributed by atoms with Crippen molar-refractivity contribution < 1.29 is 18.8 Å². The van der Waals surface area contributed by atoms with Crippen LogP contribution in [0.15, 0.2) is 28.8 Å². The maximum atomic E-state index is 12.2. The van der Waals surface area contributed by atoms with Gasteiger partial charge < -0.3 is 24.2 Å². The van der Waals surface area contributed by atoms with Crippen LogP contribution in [-0.4, -0.2) is 55.8 Å². The van der Waals surface area contributed by atoms with Gasteiger partial charge in [0.25, 0.3) is 0 Å². The molecule has 1 aromatic heterocycles. The van der Waals surface area contributed by atoms with E-state index in [1.54, 1.807) is 14.2 Å². The molecule has 8 heteroatoms. The van der Waals surface area contributed by atoms with E-state index in [0.717, 1.165) is 11.3 Å². The van der Waals surface area contributed by atoms with Crippen molar-refractivity contribution in [2.75, 3.05) is 34.9 Å². The van der Waals surface area contributed by atoms with E-state index >= 15 is 0 Å². The maximum Gasteiger partial charge on any atom is 0.227 e. The van der Waals surface area contributed by atoms with Crippen LogP contribution in [0.2, 0.25) is 0 Å². The van der Waals surface area contributed by atoms with Gasteiger partial charge in [0.05, 0.1) is 13.2 Å². The van der Waals surface area contributed by atoms with Gasteiger partial charge in [-0.15, -0.1) is 0 Å². The molecule has 0 fully saturated rings. The van der Waals surface area contributed by atoms with E-state index in [9.17, 15) is 4.79 Å². The monoisotopic (exact) mass is 376 g/mol. The molecule has 0 aliphatic carbocycles. The fourth-order valence-electron chi connectivity index (χ4n) is 2.61. The predicted octanol–water partition coefficient (Wildman–Crippen LogP) is 2.14. The third kappa shape index (κ3) is 6.04. The molecule has 1 amide bonds. The average Bonchev–Trinajstić information content (AvgIpc) is 3.15. The Morgan fingerprint density at radius 1 is 1.33 bits per heavy atom. The molecule has 148 valence electrons. The zero-order valence-electron chi connectivity index (χ0n) is 16.6. The smallest absolute Gasteiger partial charge is 0.227 e. The highest BCUT2D eigenvalue weighted by Gasteiger charge is 2.17. The molecule has 2 aromatic rings. The van der Waals surface area contributed by atoms with Gasteiger partial charge in [-0.3, -0.25) is 4.79 Å². The summed E-state index contributed by atoms with van der Waals surface area (Å²) in [6.45, 7) is 2.33. The maximum absolute atomic E-state index is 12.2. The van der Waals surface area contributed by atoms with Crippen LogP contribution in [0.25, 0.3) is 0 Å². The highest BCUT2D eigenvalue weighted by Crippen LogP contribution is 2.22. The van der Waals surface area contributed by atoms with Crippen molar-refractivity contribution in [3.63, 3.8) is 0 Å². The Balaban J connectivity index is 1.87. The second-order valence-electron chi connectivity index (χ2n) is 6.48. The lowest BCUT2D eigenvalue weighted by molar-refractivity contribution is -0.121. The average molecular weight is 376 g/mol. The van der Waals surface area contributed by atoms with Crippen LogP contribution in [0.4, 0.5) is 0 Å². The second kappa shape index (κ2) is 10.0. The fourth-order valence-corrected chi connectivity index (χ4v) is 2.61. The predicted molar refractivity (Wildman–Crippen MR) is 100 cm³/mol. The van der Waals surface area contributed by atoms with E-state index in [-0.39, 0.29) is 24.5 Å². The van der Waals surface area contributed by atoms with Crippen LogP contribution >= 0.6 is 0 Å². The topological polar surface area (TPSA) is 89.7 Å². The first-order valence-corrected chi connectivity index (χ1v) is 8.87.